The van der Waals surface area contributed by atoms with Crippen LogP contribution in [-0.2, 0) is 0 Å². The molecule has 1 atom stereocenters. The molecule has 2 heteroatoms. The average Bonchev–Trinajstić information content (AvgIpc) is 3.30. The molecule has 0 saturated carbocycles. The molecule has 1 rings (SSSR count). The first kappa shape index (κ1) is 34.4. The Morgan fingerprint density at radius 1 is 0.459 bits per heavy atom. The van der Waals surface area contributed by atoms with Crippen LogP contribution < -0.4 is 0 Å². The number of hydrogen-bond donors (Lipinski definition) is 0. The van der Waals surface area contributed by atoms with Crippen molar-refractivity contribution in [2.45, 2.75) is 207 Å². The van der Waals surface area contributed by atoms with E-state index in [0.29, 0.717) is 12.2 Å². The third-order valence-corrected chi connectivity index (χ3v) is 8.59. The summed E-state index contributed by atoms with van der Waals surface area (Å²) in [7, 11) is 0. The fourth-order valence-electron chi connectivity index (χ4n) is 6.07. The van der Waals surface area contributed by atoms with Crippen LogP contribution in [0.1, 0.15) is 195 Å². The Bertz CT molecular complexity index is 486. The van der Waals surface area contributed by atoms with E-state index in [-0.39, 0.29) is 0 Å². The lowest BCUT2D eigenvalue weighted by atomic mass is 10.0. The minimum Gasteiger partial charge on any atom is -0.356 e. The van der Waals surface area contributed by atoms with E-state index in [0.717, 1.165) is 0 Å². The molecule has 0 fully saturated rings. The van der Waals surface area contributed by atoms with E-state index in [9.17, 15) is 0 Å². The van der Waals surface area contributed by atoms with Gasteiger partial charge in [0.25, 0.3) is 0 Å². The lowest BCUT2D eigenvalue weighted by Crippen LogP contribution is -2.42. The highest BCUT2D eigenvalue weighted by molar-refractivity contribution is 4.98. The van der Waals surface area contributed by atoms with Gasteiger partial charge in [0.05, 0.1) is 0 Å². The Morgan fingerprint density at radius 3 is 1.19 bits per heavy atom. The molecule has 0 aromatic heterocycles. The molecule has 1 unspecified atom stereocenters. The molecule has 0 radical (unpaired) electrons. The van der Waals surface area contributed by atoms with Gasteiger partial charge in [0.1, 0.15) is 6.17 Å². The van der Waals surface area contributed by atoms with Crippen molar-refractivity contribution in [3.8, 4) is 0 Å². The summed E-state index contributed by atoms with van der Waals surface area (Å²) in [5.41, 5.74) is 0. The van der Waals surface area contributed by atoms with Gasteiger partial charge in [-0.25, -0.2) is 0 Å². The molecule has 1 heterocycles. The molecule has 2 nitrogen and oxygen atoms in total. The first-order chi connectivity index (χ1) is 18.2. The van der Waals surface area contributed by atoms with Crippen molar-refractivity contribution in [2.24, 2.45) is 0 Å². The standard InChI is InChI=1S/C35H70N2/c1-5-7-9-11-13-15-16-17-18-19-20-21-22-23-25-27-29-31-36-32-33-37(34(3)4)35(36)30-28-26-24-14-12-10-8-6-2/h32-35H,5-31H2,1-4H3. The summed E-state index contributed by atoms with van der Waals surface area (Å²) in [5, 5.41) is 0. The summed E-state index contributed by atoms with van der Waals surface area (Å²) < 4.78 is 0. The van der Waals surface area contributed by atoms with Crippen molar-refractivity contribution in [1.82, 2.24) is 9.80 Å². The molecule has 0 N–H and O–H groups in total. The van der Waals surface area contributed by atoms with Gasteiger partial charge >= 0.3 is 0 Å². The molecule has 37 heavy (non-hydrogen) atoms. The minimum absolute atomic E-state index is 0.607. The molecule has 0 saturated heterocycles. The van der Waals surface area contributed by atoms with E-state index in [1.165, 1.54) is 173 Å². The summed E-state index contributed by atoms with van der Waals surface area (Å²) in [5.74, 6) is 0. The summed E-state index contributed by atoms with van der Waals surface area (Å²) in [6.45, 7) is 10.6. The monoisotopic (exact) mass is 519 g/mol. The Morgan fingerprint density at radius 2 is 0.811 bits per heavy atom. The van der Waals surface area contributed by atoms with Crippen molar-refractivity contribution in [3.63, 3.8) is 0 Å². The number of hydrogen-bond acceptors (Lipinski definition) is 2. The maximum Gasteiger partial charge on any atom is 0.101 e. The molecular formula is C35H70N2. The van der Waals surface area contributed by atoms with Gasteiger partial charge in [-0.15, -0.1) is 0 Å². The van der Waals surface area contributed by atoms with E-state index in [4.69, 9.17) is 0 Å². The number of rotatable bonds is 28. The SMILES string of the molecule is CCCCCCCCCCCCCCCCCCCN1C=CN(C(C)C)C1CCCCCCCCCC. The predicted octanol–water partition coefficient (Wildman–Crippen LogP) is 12.0. The highest BCUT2D eigenvalue weighted by atomic mass is 15.4. The van der Waals surface area contributed by atoms with Crippen LogP contribution in [0.5, 0.6) is 0 Å². The fraction of sp³-hybridized carbons (Fsp3) is 0.943. The van der Waals surface area contributed by atoms with Gasteiger partial charge < -0.3 is 9.80 Å². The molecular weight excluding hydrogens is 448 g/mol. The van der Waals surface area contributed by atoms with Crippen molar-refractivity contribution < 1.29 is 0 Å². The van der Waals surface area contributed by atoms with Gasteiger partial charge in [-0.1, -0.05) is 162 Å². The van der Waals surface area contributed by atoms with Crippen molar-refractivity contribution in [1.29, 1.82) is 0 Å². The molecule has 0 spiro atoms. The van der Waals surface area contributed by atoms with Crippen LogP contribution in [0.15, 0.2) is 12.4 Å². The fourth-order valence-corrected chi connectivity index (χ4v) is 6.07. The van der Waals surface area contributed by atoms with Crippen LogP contribution in [0.2, 0.25) is 0 Å². The second-order valence-electron chi connectivity index (χ2n) is 12.5. The molecule has 0 aromatic carbocycles. The second kappa shape index (κ2) is 25.6. The topological polar surface area (TPSA) is 6.48 Å². The zero-order chi connectivity index (χ0) is 26.8. The van der Waals surface area contributed by atoms with Crippen molar-refractivity contribution in [3.05, 3.63) is 12.4 Å². The van der Waals surface area contributed by atoms with Crippen LogP contribution in [0.4, 0.5) is 0 Å². The van der Waals surface area contributed by atoms with Crippen LogP contribution in [0, 0.1) is 0 Å². The summed E-state index contributed by atoms with van der Waals surface area (Å²) in [6, 6.07) is 0.607. The van der Waals surface area contributed by atoms with Gasteiger partial charge in [0.2, 0.25) is 0 Å². The Balaban J connectivity index is 1.97. The molecule has 0 aromatic rings. The first-order valence-corrected chi connectivity index (χ1v) is 17.4. The second-order valence-corrected chi connectivity index (χ2v) is 12.5. The van der Waals surface area contributed by atoms with Crippen LogP contribution in [0.25, 0.3) is 0 Å². The molecule has 0 amide bonds. The summed E-state index contributed by atoms with van der Waals surface area (Å²) >= 11 is 0. The van der Waals surface area contributed by atoms with Crippen LogP contribution >= 0.6 is 0 Å². The van der Waals surface area contributed by atoms with E-state index in [2.05, 4.69) is 49.9 Å². The minimum atomic E-state index is 0.607. The van der Waals surface area contributed by atoms with Crippen LogP contribution in [0.3, 0.4) is 0 Å². The maximum atomic E-state index is 2.66. The summed E-state index contributed by atoms with van der Waals surface area (Å²) in [6.07, 6.45) is 42.7. The first-order valence-electron chi connectivity index (χ1n) is 17.4. The van der Waals surface area contributed by atoms with E-state index < -0.39 is 0 Å². The van der Waals surface area contributed by atoms with Gasteiger partial charge in [0, 0.05) is 25.0 Å². The smallest absolute Gasteiger partial charge is 0.101 e. The number of nitrogens with zero attached hydrogens (tertiary/aromatic N) is 2. The third-order valence-electron chi connectivity index (χ3n) is 8.59. The van der Waals surface area contributed by atoms with E-state index >= 15 is 0 Å². The normalized spacial score (nSPS) is 15.5. The Labute approximate surface area is 235 Å². The molecule has 1 aliphatic rings. The van der Waals surface area contributed by atoms with Crippen molar-refractivity contribution in [2.75, 3.05) is 6.54 Å². The molecule has 0 aliphatic carbocycles. The number of unbranched alkanes of at least 4 members (excludes halogenated alkanes) is 23. The third kappa shape index (κ3) is 19.1. The maximum absolute atomic E-state index is 2.66. The molecule has 220 valence electrons. The summed E-state index contributed by atoms with van der Waals surface area (Å²) in [4.78, 5) is 5.27. The zero-order valence-electron chi connectivity index (χ0n) is 26.3. The Hall–Kier alpha value is -0.660. The lowest BCUT2D eigenvalue weighted by Gasteiger charge is -2.35. The van der Waals surface area contributed by atoms with Gasteiger partial charge in [0.15, 0.2) is 0 Å². The molecule has 0 bridgehead atoms. The van der Waals surface area contributed by atoms with Gasteiger partial charge in [-0.05, 0) is 33.1 Å². The average molecular weight is 519 g/mol. The van der Waals surface area contributed by atoms with Crippen LogP contribution in [-0.4, -0.2) is 28.6 Å². The van der Waals surface area contributed by atoms with Crippen molar-refractivity contribution >= 4 is 0 Å². The highest BCUT2D eigenvalue weighted by Gasteiger charge is 2.26. The quantitative estimate of drug-likeness (QED) is 0.0950. The van der Waals surface area contributed by atoms with E-state index in [1.54, 1.807) is 0 Å². The Kier molecular flexibility index (Phi) is 23.8. The predicted molar refractivity (Wildman–Crippen MR) is 168 cm³/mol. The largest absolute Gasteiger partial charge is 0.356 e. The lowest BCUT2D eigenvalue weighted by molar-refractivity contribution is 0.114. The van der Waals surface area contributed by atoms with E-state index in [1.807, 2.05) is 0 Å². The van der Waals surface area contributed by atoms with Gasteiger partial charge in [-0.2, -0.15) is 0 Å². The van der Waals surface area contributed by atoms with Gasteiger partial charge in [-0.3, -0.25) is 0 Å². The highest BCUT2D eigenvalue weighted by Crippen LogP contribution is 2.25. The molecule has 1 aliphatic heterocycles. The zero-order valence-corrected chi connectivity index (χ0v) is 26.3.